The molecule has 0 spiro atoms. The minimum absolute atomic E-state index is 0.0642. The van der Waals surface area contributed by atoms with Crippen LogP contribution in [0, 0.1) is 5.92 Å². The Labute approximate surface area is 199 Å². The number of amides is 2. The summed E-state index contributed by atoms with van der Waals surface area (Å²) in [5, 5.41) is 14.8. The molecule has 1 fully saturated rings. The van der Waals surface area contributed by atoms with Crippen molar-refractivity contribution in [2.45, 2.75) is 37.3 Å². The maximum absolute atomic E-state index is 12.9. The number of nitrogens with one attached hydrogen (secondary N) is 2. The Morgan fingerprint density at radius 1 is 1.03 bits per heavy atom. The van der Waals surface area contributed by atoms with Gasteiger partial charge in [0.15, 0.2) is 0 Å². The van der Waals surface area contributed by atoms with Gasteiger partial charge in [0.05, 0.1) is 5.92 Å². The van der Waals surface area contributed by atoms with E-state index < -0.39 is 24.0 Å². The van der Waals surface area contributed by atoms with Crippen LogP contribution < -0.4 is 10.6 Å². The van der Waals surface area contributed by atoms with Gasteiger partial charge >= 0.3 is 12.1 Å². The van der Waals surface area contributed by atoms with Gasteiger partial charge in [0.1, 0.15) is 12.6 Å². The molecule has 34 heavy (non-hydrogen) atoms. The SMILES string of the molecule is CN(C)C[C@H](NC(=O)OCC1c2ccccc2-c2ccccc21)C(=O)N[C@@H]1CC[C@H](C(=O)O)C1. The smallest absolute Gasteiger partial charge is 0.407 e. The molecule has 8 nitrogen and oxygen atoms in total. The van der Waals surface area contributed by atoms with Crippen LogP contribution in [0.25, 0.3) is 11.1 Å². The number of likely N-dealkylation sites (N-methyl/N-ethyl adjacent to an activating group) is 1. The number of aliphatic carboxylic acids is 1. The molecule has 4 rings (SSSR count). The van der Waals surface area contributed by atoms with Crippen molar-refractivity contribution in [3.05, 3.63) is 59.7 Å². The number of benzene rings is 2. The summed E-state index contributed by atoms with van der Waals surface area (Å²) in [6, 6.07) is 15.2. The highest BCUT2D eigenvalue weighted by Crippen LogP contribution is 2.44. The Balaban J connectivity index is 1.37. The van der Waals surface area contributed by atoms with E-state index >= 15 is 0 Å². The van der Waals surface area contributed by atoms with Crippen molar-refractivity contribution in [3.63, 3.8) is 0 Å². The fraction of sp³-hybridized carbons (Fsp3) is 0.423. The molecule has 3 N–H and O–H groups in total. The van der Waals surface area contributed by atoms with Crippen molar-refractivity contribution in [3.8, 4) is 11.1 Å². The average molecular weight is 466 g/mol. The molecule has 180 valence electrons. The molecule has 0 saturated heterocycles. The van der Waals surface area contributed by atoms with Crippen LogP contribution in [0.15, 0.2) is 48.5 Å². The lowest BCUT2D eigenvalue weighted by molar-refractivity contribution is -0.141. The molecule has 8 heteroatoms. The van der Waals surface area contributed by atoms with Gasteiger partial charge in [0, 0.05) is 18.5 Å². The minimum atomic E-state index is -0.835. The van der Waals surface area contributed by atoms with Crippen LogP contribution in [0.5, 0.6) is 0 Å². The van der Waals surface area contributed by atoms with E-state index in [1.807, 2.05) is 43.3 Å². The highest BCUT2D eigenvalue weighted by Gasteiger charge is 2.33. The predicted octanol–water partition coefficient (Wildman–Crippen LogP) is 2.82. The molecule has 0 aromatic heterocycles. The lowest BCUT2D eigenvalue weighted by Crippen LogP contribution is -2.53. The Morgan fingerprint density at radius 3 is 2.21 bits per heavy atom. The van der Waals surface area contributed by atoms with Gasteiger partial charge in [0.25, 0.3) is 0 Å². The number of carboxylic acid groups (broad SMARTS) is 1. The van der Waals surface area contributed by atoms with Gasteiger partial charge < -0.3 is 25.4 Å². The molecule has 2 aromatic carbocycles. The highest BCUT2D eigenvalue weighted by molar-refractivity contribution is 5.86. The molecule has 2 aliphatic rings. The summed E-state index contributed by atoms with van der Waals surface area (Å²) in [5.74, 6) is -1.67. The van der Waals surface area contributed by atoms with Crippen LogP contribution in [0.1, 0.15) is 36.3 Å². The molecule has 0 bridgehead atoms. The van der Waals surface area contributed by atoms with E-state index in [0.717, 1.165) is 22.3 Å². The van der Waals surface area contributed by atoms with Crippen LogP contribution in [0.4, 0.5) is 4.79 Å². The van der Waals surface area contributed by atoms with Crippen LogP contribution in [-0.2, 0) is 14.3 Å². The van der Waals surface area contributed by atoms with E-state index in [2.05, 4.69) is 34.9 Å². The van der Waals surface area contributed by atoms with Crippen molar-refractivity contribution >= 4 is 18.0 Å². The molecule has 3 atom stereocenters. The summed E-state index contributed by atoms with van der Waals surface area (Å²) in [6.45, 7) is 0.462. The molecule has 0 radical (unpaired) electrons. The molecule has 2 aliphatic carbocycles. The zero-order chi connectivity index (χ0) is 24.2. The lowest BCUT2D eigenvalue weighted by Gasteiger charge is -2.24. The zero-order valence-electron chi connectivity index (χ0n) is 19.5. The van der Waals surface area contributed by atoms with Gasteiger partial charge in [-0.1, -0.05) is 48.5 Å². The second-order valence-electron chi connectivity index (χ2n) is 9.34. The molecular formula is C26H31N3O5. The van der Waals surface area contributed by atoms with Gasteiger partial charge in [-0.15, -0.1) is 0 Å². The molecule has 2 amide bonds. The summed E-state index contributed by atoms with van der Waals surface area (Å²) in [7, 11) is 3.63. The van der Waals surface area contributed by atoms with Gasteiger partial charge in [-0.25, -0.2) is 4.79 Å². The predicted molar refractivity (Wildman–Crippen MR) is 127 cm³/mol. The number of carbonyl (C=O) groups excluding carboxylic acids is 2. The number of hydrogen-bond acceptors (Lipinski definition) is 5. The molecule has 0 heterocycles. The van der Waals surface area contributed by atoms with Gasteiger partial charge in [-0.3, -0.25) is 9.59 Å². The number of hydrogen-bond donors (Lipinski definition) is 3. The Hall–Kier alpha value is -3.39. The summed E-state index contributed by atoms with van der Waals surface area (Å²) < 4.78 is 5.59. The van der Waals surface area contributed by atoms with Crippen molar-refractivity contribution in [2.24, 2.45) is 5.92 Å². The Morgan fingerprint density at radius 2 is 1.65 bits per heavy atom. The van der Waals surface area contributed by atoms with E-state index in [4.69, 9.17) is 4.74 Å². The number of alkyl carbamates (subject to hydrolysis) is 1. The van der Waals surface area contributed by atoms with E-state index in [0.29, 0.717) is 25.8 Å². The lowest BCUT2D eigenvalue weighted by atomic mass is 9.98. The second kappa shape index (κ2) is 10.3. The molecule has 0 aliphatic heterocycles. The first-order chi connectivity index (χ1) is 16.3. The van der Waals surface area contributed by atoms with Crippen molar-refractivity contribution < 1.29 is 24.2 Å². The highest BCUT2D eigenvalue weighted by atomic mass is 16.5. The van der Waals surface area contributed by atoms with Gasteiger partial charge in [0.2, 0.25) is 5.91 Å². The van der Waals surface area contributed by atoms with Gasteiger partial charge in [-0.2, -0.15) is 0 Å². The van der Waals surface area contributed by atoms with Crippen LogP contribution >= 0.6 is 0 Å². The zero-order valence-corrected chi connectivity index (χ0v) is 19.5. The number of carbonyl (C=O) groups is 3. The summed E-state index contributed by atoms with van der Waals surface area (Å²) in [6.07, 6.45) is 0.903. The first-order valence-electron chi connectivity index (χ1n) is 11.6. The number of nitrogens with zero attached hydrogens (tertiary/aromatic N) is 1. The minimum Gasteiger partial charge on any atom is -0.481 e. The second-order valence-corrected chi connectivity index (χ2v) is 9.34. The van der Waals surface area contributed by atoms with Crippen LogP contribution in [0.2, 0.25) is 0 Å². The molecule has 1 saturated carbocycles. The third kappa shape index (κ3) is 5.22. The standard InChI is InChI=1S/C26H31N3O5/c1-29(2)14-23(24(30)27-17-12-11-16(13-17)25(31)32)28-26(33)34-15-22-20-9-5-3-7-18(20)19-8-4-6-10-21(19)22/h3-10,16-17,22-23H,11-15H2,1-2H3,(H,27,30)(H,28,33)(H,31,32)/t16-,17+,23-/m0/s1. The maximum atomic E-state index is 12.9. The van der Waals surface area contributed by atoms with Crippen molar-refractivity contribution in [2.75, 3.05) is 27.2 Å². The monoisotopic (exact) mass is 465 g/mol. The largest absolute Gasteiger partial charge is 0.481 e. The van der Waals surface area contributed by atoms with E-state index in [1.54, 1.807) is 0 Å². The Bertz CT molecular complexity index is 1020. The fourth-order valence-electron chi connectivity index (χ4n) is 4.98. The number of ether oxygens (including phenoxy) is 1. The molecular weight excluding hydrogens is 434 g/mol. The van der Waals surface area contributed by atoms with Crippen LogP contribution in [-0.4, -0.2) is 67.3 Å². The third-order valence-corrected chi connectivity index (χ3v) is 6.63. The normalized spacial score (nSPS) is 19.9. The topological polar surface area (TPSA) is 108 Å². The molecule has 0 unspecified atom stereocenters. The Kier molecular flexibility index (Phi) is 7.17. The van der Waals surface area contributed by atoms with Gasteiger partial charge in [-0.05, 0) is 55.6 Å². The quantitative estimate of drug-likeness (QED) is 0.553. The summed E-state index contributed by atoms with van der Waals surface area (Å²) >= 11 is 0. The number of rotatable bonds is 8. The molecule has 2 aromatic rings. The first kappa shape index (κ1) is 23.8. The van der Waals surface area contributed by atoms with E-state index in [9.17, 15) is 19.5 Å². The number of carboxylic acids is 1. The maximum Gasteiger partial charge on any atom is 0.407 e. The summed E-state index contributed by atoms with van der Waals surface area (Å²) in [5.41, 5.74) is 4.53. The third-order valence-electron chi connectivity index (χ3n) is 6.63. The van der Waals surface area contributed by atoms with E-state index in [1.165, 1.54) is 0 Å². The average Bonchev–Trinajstić information content (AvgIpc) is 3.40. The number of fused-ring (bicyclic) bond motifs is 3. The van der Waals surface area contributed by atoms with Crippen LogP contribution in [0.3, 0.4) is 0 Å². The first-order valence-corrected chi connectivity index (χ1v) is 11.6. The summed E-state index contributed by atoms with van der Waals surface area (Å²) in [4.78, 5) is 38.6. The fourth-order valence-corrected chi connectivity index (χ4v) is 4.98. The van der Waals surface area contributed by atoms with E-state index in [-0.39, 0.29) is 24.5 Å². The van der Waals surface area contributed by atoms with Crippen molar-refractivity contribution in [1.82, 2.24) is 15.5 Å². The van der Waals surface area contributed by atoms with Crippen molar-refractivity contribution in [1.29, 1.82) is 0 Å².